The van der Waals surface area contributed by atoms with Gasteiger partial charge in [0.2, 0.25) is 0 Å². The Labute approximate surface area is 216 Å². The zero-order valence-corrected chi connectivity index (χ0v) is 21.5. The van der Waals surface area contributed by atoms with E-state index in [0.29, 0.717) is 34.4 Å². The second kappa shape index (κ2) is 11.4. The van der Waals surface area contributed by atoms with Gasteiger partial charge < -0.3 is 24.3 Å². The Kier molecular flexibility index (Phi) is 8.08. The zero-order chi connectivity index (χ0) is 26.5. The molecule has 2 atom stereocenters. The molecule has 4 rings (SSSR count). The fraction of sp³-hybridized carbons (Fsp3) is 0.345. The highest BCUT2D eigenvalue weighted by Crippen LogP contribution is 2.46. The molecule has 0 unspecified atom stereocenters. The van der Waals surface area contributed by atoms with Crippen LogP contribution < -0.4 is 10.1 Å². The van der Waals surface area contributed by atoms with Gasteiger partial charge in [0.25, 0.3) is 0 Å². The van der Waals surface area contributed by atoms with Gasteiger partial charge in [-0.05, 0) is 42.7 Å². The first-order chi connectivity index (χ1) is 17.9. The molecule has 194 valence electrons. The van der Waals surface area contributed by atoms with Crippen LogP contribution >= 0.6 is 0 Å². The van der Waals surface area contributed by atoms with Crippen molar-refractivity contribution in [3.05, 3.63) is 87.8 Å². The summed E-state index contributed by atoms with van der Waals surface area (Å²) in [7, 11) is 4.47. The van der Waals surface area contributed by atoms with E-state index in [2.05, 4.69) is 5.32 Å². The van der Waals surface area contributed by atoms with Crippen LogP contribution in [0.25, 0.3) is 0 Å². The molecule has 1 N–H and O–H groups in total. The van der Waals surface area contributed by atoms with E-state index in [9.17, 15) is 14.4 Å². The number of benzene rings is 2. The minimum Gasteiger partial charge on any atom is -0.496 e. The highest BCUT2D eigenvalue weighted by Gasteiger charge is 2.41. The summed E-state index contributed by atoms with van der Waals surface area (Å²) in [6, 6.07) is 14.5. The van der Waals surface area contributed by atoms with Crippen LogP contribution in [0.15, 0.2) is 71.1 Å². The SMILES string of the molecule is COCCOC(=O)C1=C(C)NC2=C(C(=O)C[C@H](c3ccccc3OC)C2)[C@@H]1c1ccc(C(=O)OC)cc1. The van der Waals surface area contributed by atoms with Crippen LogP contribution in [0, 0.1) is 0 Å². The van der Waals surface area contributed by atoms with E-state index >= 15 is 0 Å². The lowest BCUT2D eigenvalue weighted by Crippen LogP contribution is -2.36. The highest BCUT2D eigenvalue weighted by atomic mass is 16.6. The van der Waals surface area contributed by atoms with Gasteiger partial charge in [-0.15, -0.1) is 0 Å². The van der Waals surface area contributed by atoms with Crippen molar-refractivity contribution in [3.63, 3.8) is 0 Å². The molecule has 0 fully saturated rings. The molecule has 0 spiro atoms. The third kappa shape index (κ3) is 5.29. The van der Waals surface area contributed by atoms with E-state index in [1.807, 2.05) is 31.2 Å². The molecule has 2 aromatic carbocycles. The van der Waals surface area contributed by atoms with Crippen LogP contribution in [-0.4, -0.2) is 52.3 Å². The molecule has 8 nitrogen and oxygen atoms in total. The Bertz CT molecular complexity index is 1260. The van der Waals surface area contributed by atoms with E-state index in [1.54, 1.807) is 31.4 Å². The molecule has 37 heavy (non-hydrogen) atoms. The minimum atomic E-state index is -0.635. The number of hydrogen-bond acceptors (Lipinski definition) is 8. The van der Waals surface area contributed by atoms with E-state index < -0.39 is 17.9 Å². The quantitative estimate of drug-likeness (QED) is 0.424. The number of ether oxygens (including phenoxy) is 4. The summed E-state index contributed by atoms with van der Waals surface area (Å²) in [6.45, 7) is 2.16. The fourth-order valence-electron chi connectivity index (χ4n) is 5.09. The summed E-state index contributed by atoms with van der Waals surface area (Å²) in [4.78, 5) is 39.0. The van der Waals surface area contributed by atoms with Gasteiger partial charge in [0, 0.05) is 42.3 Å². The van der Waals surface area contributed by atoms with Crippen molar-refractivity contribution < 1.29 is 33.3 Å². The summed E-state index contributed by atoms with van der Waals surface area (Å²) in [5.41, 5.74) is 4.37. The molecule has 0 amide bonds. The molecule has 0 saturated heterocycles. The van der Waals surface area contributed by atoms with E-state index in [4.69, 9.17) is 18.9 Å². The summed E-state index contributed by atoms with van der Waals surface area (Å²) in [6.07, 6.45) is 0.865. The number of para-hydroxylation sites is 1. The Morgan fingerprint density at radius 1 is 0.946 bits per heavy atom. The second-order valence-electron chi connectivity index (χ2n) is 9.00. The monoisotopic (exact) mass is 505 g/mol. The minimum absolute atomic E-state index is 0.0543. The van der Waals surface area contributed by atoms with E-state index in [-0.39, 0.29) is 31.3 Å². The first-order valence-electron chi connectivity index (χ1n) is 12.1. The Morgan fingerprint density at radius 3 is 2.35 bits per heavy atom. The summed E-state index contributed by atoms with van der Waals surface area (Å²) in [5.74, 6) is -0.998. The number of rotatable bonds is 8. The molecule has 0 aromatic heterocycles. The molecule has 0 saturated carbocycles. The van der Waals surface area contributed by atoms with Gasteiger partial charge in [-0.2, -0.15) is 0 Å². The van der Waals surface area contributed by atoms with Crippen LogP contribution in [-0.2, 0) is 23.8 Å². The third-order valence-corrected chi connectivity index (χ3v) is 6.81. The van der Waals surface area contributed by atoms with E-state index in [1.165, 1.54) is 14.2 Å². The van der Waals surface area contributed by atoms with Gasteiger partial charge in [0.05, 0.1) is 32.0 Å². The highest BCUT2D eigenvalue weighted by molar-refractivity contribution is 6.04. The van der Waals surface area contributed by atoms with Crippen molar-refractivity contribution >= 4 is 17.7 Å². The Morgan fingerprint density at radius 2 is 1.68 bits per heavy atom. The van der Waals surface area contributed by atoms with E-state index in [0.717, 1.165) is 17.0 Å². The standard InChI is InChI=1S/C29H31NO7/c1-17-25(29(33)37-14-13-34-2)26(18-9-11-19(12-10-18)28(32)36-4)27-22(30-17)15-20(16-23(27)31)21-7-5-6-8-24(21)35-3/h5-12,20,26,30H,13-16H2,1-4H3/t20-,26-/m1/s1. The average Bonchev–Trinajstić information content (AvgIpc) is 2.91. The normalized spacial score (nSPS) is 19.2. The molecule has 8 heteroatoms. The molecular formula is C29H31NO7. The van der Waals surface area contributed by atoms with Gasteiger partial charge in [-0.1, -0.05) is 30.3 Å². The van der Waals surface area contributed by atoms with Crippen molar-refractivity contribution in [1.82, 2.24) is 5.32 Å². The molecule has 0 radical (unpaired) electrons. The number of Topliss-reactive ketones (excluding diaryl/α,β-unsaturated/α-hetero) is 1. The van der Waals surface area contributed by atoms with Gasteiger partial charge in [-0.3, -0.25) is 4.79 Å². The van der Waals surface area contributed by atoms with Gasteiger partial charge in [0.1, 0.15) is 12.4 Å². The van der Waals surface area contributed by atoms with Crippen LogP contribution in [0.2, 0.25) is 0 Å². The predicted molar refractivity (Wildman–Crippen MR) is 136 cm³/mol. The molecule has 2 aliphatic rings. The van der Waals surface area contributed by atoms with Crippen LogP contribution in [0.4, 0.5) is 0 Å². The predicted octanol–water partition coefficient (Wildman–Crippen LogP) is 4.03. The average molecular weight is 506 g/mol. The summed E-state index contributed by atoms with van der Waals surface area (Å²) in [5, 5.41) is 3.34. The number of hydrogen-bond donors (Lipinski definition) is 1. The Hall–Kier alpha value is -3.91. The first-order valence-corrected chi connectivity index (χ1v) is 12.1. The van der Waals surface area contributed by atoms with Crippen LogP contribution in [0.5, 0.6) is 5.75 Å². The first kappa shape index (κ1) is 26.2. The lowest BCUT2D eigenvalue weighted by molar-refractivity contribution is -0.140. The number of dihydropyridines is 1. The molecular weight excluding hydrogens is 474 g/mol. The number of carbonyl (C=O) groups excluding carboxylic acids is 3. The summed E-state index contributed by atoms with van der Waals surface area (Å²) < 4.78 is 20.8. The number of carbonyl (C=O) groups is 3. The molecule has 2 aromatic rings. The number of allylic oxidation sites excluding steroid dienone is 3. The van der Waals surface area contributed by atoms with Crippen molar-refractivity contribution in [2.75, 3.05) is 34.5 Å². The lowest BCUT2D eigenvalue weighted by Gasteiger charge is -2.37. The third-order valence-electron chi connectivity index (χ3n) is 6.81. The van der Waals surface area contributed by atoms with Crippen molar-refractivity contribution in [3.8, 4) is 5.75 Å². The van der Waals surface area contributed by atoms with Crippen LogP contribution in [0.1, 0.15) is 53.1 Å². The number of ketones is 1. The smallest absolute Gasteiger partial charge is 0.337 e. The van der Waals surface area contributed by atoms with Crippen molar-refractivity contribution in [2.24, 2.45) is 0 Å². The van der Waals surface area contributed by atoms with Crippen molar-refractivity contribution in [1.29, 1.82) is 0 Å². The second-order valence-corrected chi connectivity index (χ2v) is 9.00. The zero-order valence-electron chi connectivity index (χ0n) is 21.5. The molecule has 1 aliphatic carbocycles. The van der Waals surface area contributed by atoms with Gasteiger partial charge >= 0.3 is 11.9 Å². The molecule has 1 aliphatic heterocycles. The lowest BCUT2D eigenvalue weighted by atomic mass is 9.71. The largest absolute Gasteiger partial charge is 0.496 e. The maximum absolute atomic E-state index is 13.7. The molecule has 0 bridgehead atoms. The van der Waals surface area contributed by atoms with Crippen molar-refractivity contribution in [2.45, 2.75) is 31.6 Å². The topological polar surface area (TPSA) is 100 Å². The summed E-state index contributed by atoms with van der Waals surface area (Å²) >= 11 is 0. The van der Waals surface area contributed by atoms with Gasteiger partial charge in [-0.25, -0.2) is 9.59 Å². The maximum Gasteiger partial charge on any atom is 0.337 e. The fourth-order valence-corrected chi connectivity index (χ4v) is 5.09. The number of esters is 2. The number of nitrogens with one attached hydrogen (secondary N) is 1. The van der Waals surface area contributed by atoms with Gasteiger partial charge in [0.15, 0.2) is 5.78 Å². The van der Waals surface area contributed by atoms with Crippen LogP contribution in [0.3, 0.4) is 0 Å². The maximum atomic E-state index is 13.7. The number of methoxy groups -OCH3 is 3. The Balaban J connectivity index is 1.76. The molecule has 1 heterocycles.